The second-order valence-electron chi connectivity index (χ2n) is 2.72. The van der Waals surface area contributed by atoms with Gasteiger partial charge in [-0.15, -0.1) is 0 Å². The summed E-state index contributed by atoms with van der Waals surface area (Å²) in [6.45, 7) is 4.48. The standard InChI is InChI=1S/C10H14.H2S/c1-3-9(2)10-7-5-4-6-8-10;/h4-9H,3H2,1-2H3;1H2/t9-;/m1./s1. The summed E-state index contributed by atoms with van der Waals surface area (Å²) >= 11 is 0. The molecule has 0 saturated heterocycles. The van der Waals surface area contributed by atoms with Crippen molar-refractivity contribution >= 4 is 13.5 Å². The molecule has 0 aliphatic rings. The zero-order valence-corrected chi connectivity index (χ0v) is 8.17. The van der Waals surface area contributed by atoms with E-state index >= 15 is 0 Å². The topological polar surface area (TPSA) is 0 Å². The van der Waals surface area contributed by atoms with Gasteiger partial charge in [0.05, 0.1) is 0 Å². The van der Waals surface area contributed by atoms with E-state index in [1.165, 1.54) is 12.0 Å². The molecule has 0 spiro atoms. The minimum absolute atomic E-state index is 0. The van der Waals surface area contributed by atoms with Crippen molar-refractivity contribution in [2.45, 2.75) is 26.2 Å². The van der Waals surface area contributed by atoms with Crippen LogP contribution in [-0.4, -0.2) is 0 Å². The van der Waals surface area contributed by atoms with Crippen molar-refractivity contribution in [2.75, 3.05) is 0 Å². The predicted octanol–water partition coefficient (Wildman–Crippen LogP) is 3.31. The van der Waals surface area contributed by atoms with Crippen LogP contribution in [0.15, 0.2) is 30.3 Å². The van der Waals surface area contributed by atoms with Gasteiger partial charge in [0.15, 0.2) is 0 Å². The minimum atomic E-state index is 0. The van der Waals surface area contributed by atoms with Gasteiger partial charge in [0.2, 0.25) is 0 Å². The number of benzene rings is 1. The van der Waals surface area contributed by atoms with E-state index in [4.69, 9.17) is 0 Å². The third kappa shape index (κ3) is 2.98. The highest BCUT2D eigenvalue weighted by atomic mass is 32.1. The van der Waals surface area contributed by atoms with Gasteiger partial charge >= 0.3 is 0 Å². The molecule has 11 heavy (non-hydrogen) atoms. The molecule has 0 aliphatic heterocycles. The molecule has 1 aromatic rings. The van der Waals surface area contributed by atoms with E-state index in [1.54, 1.807) is 0 Å². The Morgan fingerprint density at radius 2 is 1.73 bits per heavy atom. The fourth-order valence-corrected chi connectivity index (χ4v) is 1.02. The van der Waals surface area contributed by atoms with Gasteiger partial charge in [-0.25, -0.2) is 0 Å². The SMILES string of the molecule is CC[C@@H](C)c1ccccc1.S. The van der Waals surface area contributed by atoms with Crippen LogP contribution in [0.4, 0.5) is 0 Å². The molecule has 0 aromatic heterocycles. The zero-order valence-electron chi connectivity index (χ0n) is 7.17. The molecule has 1 rings (SSSR count). The lowest BCUT2D eigenvalue weighted by atomic mass is 9.99. The molecule has 0 amide bonds. The van der Waals surface area contributed by atoms with E-state index in [-0.39, 0.29) is 13.5 Å². The van der Waals surface area contributed by atoms with Crippen LogP contribution in [0.5, 0.6) is 0 Å². The van der Waals surface area contributed by atoms with Crippen LogP contribution in [-0.2, 0) is 0 Å². The summed E-state index contributed by atoms with van der Waals surface area (Å²) in [6.07, 6.45) is 1.23. The molecule has 0 nitrogen and oxygen atoms in total. The van der Waals surface area contributed by atoms with Gasteiger partial charge in [0.1, 0.15) is 0 Å². The van der Waals surface area contributed by atoms with Gasteiger partial charge in [0.25, 0.3) is 0 Å². The van der Waals surface area contributed by atoms with E-state index in [2.05, 4.69) is 44.2 Å². The monoisotopic (exact) mass is 168 g/mol. The number of hydrogen-bond donors (Lipinski definition) is 0. The summed E-state index contributed by atoms with van der Waals surface area (Å²) in [5.41, 5.74) is 1.45. The van der Waals surface area contributed by atoms with Gasteiger partial charge in [-0.1, -0.05) is 44.2 Å². The third-order valence-electron chi connectivity index (χ3n) is 1.98. The van der Waals surface area contributed by atoms with Gasteiger partial charge in [-0.2, -0.15) is 13.5 Å². The lowest BCUT2D eigenvalue weighted by Crippen LogP contribution is -1.88. The summed E-state index contributed by atoms with van der Waals surface area (Å²) in [5, 5.41) is 0. The number of rotatable bonds is 2. The first kappa shape index (κ1) is 10.6. The molecule has 0 fully saturated rings. The molecular formula is C10H16S. The predicted molar refractivity (Wildman–Crippen MR) is 55.5 cm³/mol. The smallest absolute Gasteiger partial charge is 0.0193 e. The van der Waals surface area contributed by atoms with Crippen LogP contribution in [0, 0.1) is 0 Å². The normalized spacial score (nSPS) is 11.8. The van der Waals surface area contributed by atoms with Gasteiger partial charge in [-0.05, 0) is 17.9 Å². The Hall–Kier alpha value is -0.430. The van der Waals surface area contributed by atoms with E-state index in [1.807, 2.05) is 0 Å². The van der Waals surface area contributed by atoms with Crippen LogP contribution in [0.3, 0.4) is 0 Å². The van der Waals surface area contributed by atoms with Crippen LogP contribution >= 0.6 is 13.5 Å². The van der Waals surface area contributed by atoms with Crippen LogP contribution < -0.4 is 0 Å². The highest BCUT2D eigenvalue weighted by molar-refractivity contribution is 7.59. The molecule has 62 valence electrons. The lowest BCUT2D eigenvalue weighted by Gasteiger charge is -2.06. The molecule has 0 N–H and O–H groups in total. The van der Waals surface area contributed by atoms with Gasteiger partial charge in [0, 0.05) is 0 Å². The third-order valence-corrected chi connectivity index (χ3v) is 1.98. The first-order valence-electron chi connectivity index (χ1n) is 3.89. The maximum atomic E-state index is 2.26. The molecule has 0 radical (unpaired) electrons. The summed E-state index contributed by atoms with van der Waals surface area (Å²) in [4.78, 5) is 0. The van der Waals surface area contributed by atoms with Crippen molar-refractivity contribution in [3.05, 3.63) is 35.9 Å². The molecular weight excluding hydrogens is 152 g/mol. The molecule has 0 saturated carbocycles. The Kier molecular flexibility index (Phi) is 5.05. The first-order chi connectivity index (χ1) is 4.84. The molecule has 1 aromatic carbocycles. The van der Waals surface area contributed by atoms with Crippen LogP contribution in [0.2, 0.25) is 0 Å². The van der Waals surface area contributed by atoms with E-state index in [0.717, 1.165) is 0 Å². The van der Waals surface area contributed by atoms with E-state index in [0.29, 0.717) is 5.92 Å². The lowest BCUT2D eigenvalue weighted by molar-refractivity contribution is 0.733. The summed E-state index contributed by atoms with van der Waals surface area (Å²) in [6, 6.07) is 10.6. The highest BCUT2D eigenvalue weighted by Crippen LogP contribution is 2.16. The Bertz CT molecular complexity index is 181. The summed E-state index contributed by atoms with van der Waals surface area (Å²) in [7, 11) is 0. The number of hydrogen-bond acceptors (Lipinski definition) is 0. The zero-order chi connectivity index (χ0) is 7.40. The Morgan fingerprint density at radius 1 is 1.18 bits per heavy atom. The average molecular weight is 168 g/mol. The van der Waals surface area contributed by atoms with Crippen molar-refractivity contribution < 1.29 is 0 Å². The maximum Gasteiger partial charge on any atom is -0.0193 e. The molecule has 0 heterocycles. The molecule has 0 unspecified atom stereocenters. The van der Waals surface area contributed by atoms with Crippen molar-refractivity contribution in [3.63, 3.8) is 0 Å². The Morgan fingerprint density at radius 3 is 2.18 bits per heavy atom. The van der Waals surface area contributed by atoms with Crippen molar-refractivity contribution in [3.8, 4) is 0 Å². The molecule has 1 atom stereocenters. The van der Waals surface area contributed by atoms with Crippen molar-refractivity contribution in [1.29, 1.82) is 0 Å². The molecule has 0 aliphatic carbocycles. The highest BCUT2D eigenvalue weighted by Gasteiger charge is 1.98. The fourth-order valence-electron chi connectivity index (χ4n) is 1.02. The quantitative estimate of drug-likeness (QED) is 0.635. The molecule has 1 heteroatoms. The Labute approximate surface area is 76.1 Å². The second kappa shape index (κ2) is 5.25. The maximum absolute atomic E-state index is 2.26. The average Bonchev–Trinajstić information content (AvgIpc) is 2.05. The van der Waals surface area contributed by atoms with Crippen molar-refractivity contribution in [1.82, 2.24) is 0 Å². The van der Waals surface area contributed by atoms with Crippen LogP contribution in [0.1, 0.15) is 31.7 Å². The van der Waals surface area contributed by atoms with Gasteiger partial charge < -0.3 is 0 Å². The first-order valence-corrected chi connectivity index (χ1v) is 3.89. The van der Waals surface area contributed by atoms with Crippen molar-refractivity contribution in [2.24, 2.45) is 0 Å². The summed E-state index contributed by atoms with van der Waals surface area (Å²) < 4.78 is 0. The Balaban J connectivity index is 0.000001000. The summed E-state index contributed by atoms with van der Waals surface area (Å²) in [5.74, 6) is 0.709. The van der Waals surface area contributed by atoms with Crippen LogP contribution in [0.25, 0.3) is 0 Å². The fraction of sp³-hybridized carbons (Fsp3) is 0.400. The molecule has 0 bridgehead atoms. The second-order valence-corrected chi connectivity index (χ2v) is 2.72. The largest absolute Gasteiger partial charge is 0.197 e. The van der Waals surface area contributed by atoms with E-state index in [9.17, 15) is 0 Å². The van der Waals surface area contributed by atoms with Gasteiger partial charge in [-0.3, -0.25) is 0 Å². The minimum Gasteiger partial charge on any atom is -0.197 e. The van der Waals surface area contributed by atoms with E-state index < -0.39 is 0 Å².